The van der Waals surface area contributed by atoms with Crippen molar-refractivity contribution < 1.29 is 19.2 Å². The molecule has 0 unspecified atom stereocenters. The van der Waals surface area contributed by atoms with E-state index in [-0.39, 0.29) is 0 Å². The van der Waals surface area contributed by atoms with Crippen LogP contribution in [0, 0.1) is 17.8 Å². The van der Waals surface area contributed by atoms with Gasteiger partial charge < -0.3 is 0 Å². The molecule has 1 fully saturated rings. The summed E-state index contributed by atoms with van der Waals surface area (Å²) in [7, 11) is 0. The summed E-state index contributed by atoms with van der Waals surface area (Å²) in [6.45, 7) is 3.47. The topological polar surface area (TPSA) is 95.6 Å². The molecule has 3 aliphatic carbocycles. The van der Waals surface area contributed by atoms with Gasteiger partial charge in [0, 0.05) is 5.56 Å². The summed E-state index contributed by atoms with van der Waals surface area (Å²) in [4.78, 5) is 52.7. The van der Waals surface area contributed by atoms with Gasteiger partial charge in [-0.1, -0.05) is 80.6 Å². The van der Waals surface area contributed by atoms with Crippen molar-refractivity contribution >= 4 is 46.8 Å². The molecule has 7 nitrogen and oxygen atoms in total. The highest BCUT2D eigenvalue weighted by molar-refractivity contribution is 6.36. The van der Waals surface area contributed by atoms with Crippen molar-refractivity contribution in [1.82, 2.24) is 15.8 Å². The lowest BCUT2D eigenvalue weighted by molar-refractivity contribution is -0.150. The van der Waals surface area contributed by atoms with Crippen LogP contribution >= 0.6 is 23.2 Å². The van der Waals surface area contributed by atoms with Crippen LogP contribution < -0.4 is 10.9 Å². The van der Waals surface area contributed by atoms with Crippen molar-refractivity contribution in [3.8, 4) is 0 Å². The molecule has 3 atom stereocenters. The van der Waals surface area contributed by atoms with Crippen LogP contribution in [0.1, 0.15) is 46.5 Å². The summed E-state index contributed by atoms with van der Waals surface area (Å²) in [6, 6.07) is 21.9. The second-order valence-corrected chi connectivity index (χ2v) is 11.7. The van der Waals surface area contributed by atoms with Crippen LogP contribution in [0.15, 0.2) is 78.9 Å². The Morgan fingerprint density at radius 3 is 1.54 bits per heavy atom. The number of nitrogens with zero attached hydrogens (tertiary/aromatic N) is 1. The number of alkyl halides is 2. The highest BCUT2D eigenvalue weighted by Gasteiger charge is 2.73. The molecule has 0 saturated carbocycles. The number of hydrogen-bond acceptors (Lipinski definition) is 4. The van der Waals surface area contributed by atoms with Gasteiger partial charge in [0.2, 0.25) is 11.8 Å². The fourth-order valence-corrected chi connectivity index (χ4v) is 7.63. The summed E-state index contributed by atoms with van der Waals surface area (Å²) in [5.74, 6) is -4.82. The number of benzene rings is 3. The van der Waals surface area contributed by atoms with E-state index in [0.29, 0.717) is 27.8 Å². The maximum absolute atomic E-state index is 14.2. The molecule has 39 heavy (non-hydrogen) atoms. The van der Waals surface area contributed by atoms with Crippen LogP contribution in [0.4, 0.5) is 0 Å². The Hall–Kier alpha value is -3.68. The standard InChI is InChI=1S/C30H25Cl2N3O4/c1-16(2)24(26(37)34-33-25(36)17-10-4-3-5-11-17)35-27(38)22-23(28(35)39)30(32)19-13-7-6-12-18(19)29(22,31)20-14-8-9-15-21(20)30/h3-16,22-24H,1-2H3,(H,33,36)(H,34,37)/t22-,23-,24-,29?,30?/m0/s1. The zero-order valence-electron chi connectivity index (χ0n) is 21.2. The Balaban J connectivity index is 1.39. The second kappa shape index (κ2) is 8.93. The molecule has 1 saturated heterocycles. The largest absolute Gasteiger partial charge is 0.274 e. The van der Waals surface area contributed by atoms with Crippen LogP contribution in [0.3, 0.4) is 0 Å². The van der Waals surface area contributed by atoms with E-state index in [1.54, 1.807) is 44.2 Å². The van der Waals surface area contributed by atoms with E-state index in [1.807, 2.05) is 48.5 Å². The van der Waals surface area contributed by atoms with Crippen LogP contribution in [-0.4, -0.2) is 34.6 Å². The molecular weight excluding hydrogens is 537 g/mol. The number of carbonyl (C=O) groups is 4. The number of hydrogen-bond donors (Lipinski definition) is 2. The summed E-state index contributed by atoms with van der Waals surface area (Å²) in [6.07, 6.45) is 0. The molecule has 198 valence electrons. The Labute approximate surface area is 235 Å². The highest BCUT2D eigenvalue weighted by Crippen LogP contribution is 2.69. The van der Waals surface area contributed by atoms with Gasteiger partial charge >= 0.3 is 0 Å². The van der Waals surface area contributed by atoms with E-state index in [0.717, 1.165) is 4.90 Å². The summed E-state index contributed by atoms with van der Waals surface area (Å²) >= 11 is 14.9. The van der Waals surface area contributed by atoms with Crippen LogP contribution in [0.5, 0.6) is 0 Å². The molecule has 3 aromatic rings. The minimum atomic E-state index is -1.34. The summed E-state index contributed by atoms with van der Waals surface area (Å²) in [5, 5.41) is 0. The molecule has 0 radical (unpaired) electrons. The van der Waals surface area contributed by atoms with Crippen molar-refractivity contribution in [2.24, 2.45) is 17.8 Å². The van der Waals surface area contributed by atoms with Gasteiger partial charge in [0.25, 0.3) is 11.8 Å². The third-order valence-corrected chi connectivity index (χ3v) is 9.42. The fraction of sp³-hybridized carbons (Fsp3) is 0.267. The molecule has 9 heteroatoms. The number of amides is 4. The zero-order chi connectivity index (χ0) is 27.7. The number of imide groups is 1. The first-order valence-electron chi connectivity index (χ1n) is 12.7. The van der Waals surface area contributed by atoms with Crippen molar-refractivity contribution in [3.05, 3.63) is 107 Å². The summed E-state index contributed by atoms with van der Waals surface area (Å²) < 4.78 is 0. The zero-order valence-corrected chi connectivity index (χ0v) is 22.7. The van der Waals surface area contributed by atoms with Crippen molar-refractivity contribution in [3.63, 3.8) is 0 Å². The third kappa shape index (κ3) is 3.36. The molecule has 1 heterocycles. The minimum absolute atomic E-state index is 0.346. The van der Waals surface area contributed by atoms with Crippen molar-refractivity contribution in [2.45, 2.75) is 29.6 Å². The molecule has 4 amide bonds. The van der Waals surface area contributed by atoms with Gasteiger partial charge in [-0.3, -0.25) is 34.9 Å². The number of carbonyl (C=O) groups excluding carboxylic acids is 4. The molecule has 0 spiro atoms. The Morgan fingerprint density at radius 2 is 1.13 bits per heavy atom. The highest BCUT2D eigenvalue weighted by atomic mass is 35.5. The van der Waals surface area contributed by atoms with Crippen LogP contribution in [0.25, 0.3) is 0 Å². The summed E-state index contributed by atoms with van der Waals surface area (Å²) in [5.41, 5.74) is 7.87. The lowest BCUT2D eigenvalue weighted by atomic mass is 9.54. The monoisotopic (exact) mass is 561 g/mol. The van der Waals surface area contributed by atoms with Gasteiger partial charge in [0.15, 0.2) is 0 Å². The van der Waals surface area contributed by atoms with Gasteiger partial charge in [0.1, 0.15) is 15.8 Å². The lowest BCUT2D eigenvalue weighted by Crippen LogP contribution is -2.57. The van der Waals surface area contributed by atoms with E-state index in [9.17, 15) is 19.2 Å². The Bertz CT molecular complexity index is 1420. The van der Waals surface area contributed by atoms with Gasteiger partial charge in [-0.2, -0.15) is 0 Å². The van der Waals surface area contributed by atoms with Crippen LogP contribution in [0.2, 0.25) is 0 Å². The molecular formula is C30H25Cl2N3O4. The van der Waals surface area contributed by atoms with Crippen molar-refractivity contribution in [2.75, 3.05) is 0 Å². The predicted octanol–water partition coefficient (Wildman–Crippen LogP) is 4.07. The fourth-order valence-electron chi connectivity index (χ4n) is 6.53. The maximum Gasteiger partial charge on any atom is 0.269 e. The molecule has 7 rings (SSSR count). The minimum Gasteiger partial charge on any atom is -0.274 e. The van der Waals surface area contributed by atoms with E-state index in [2.05, 4.69) is 10.9 Å². The van der Waals surface area contributed by atoms with E-state index >= 15 is 0 Å². The lowest BCUT2D eigenvalue weighted by Gasteiger charge is -2.54. The maximum atomic E-state index is 14.2. The Morgan fingerprint density at radius 1 is 0.718 bits per heavy atom. The van der Waals surface area contributed by atoms with Crippen molar-refractivity contribution in [1.29, 1.82) is 0 Å². The van der Waals surface area contributed by atoms with Crippen LogP contribution in [-0.2, 0) is 24.1 Å². The smallest absolute Gasteiger partial charge is 0.269 e. The predicted molar refractivity (Wildman–Crippen MR) is 146 cm³/mol. The van der Waals surface area contributed by atoms with Gasteiger partial charge in [-0.25, -0.2) is 0 Å². The average Bonchev–Trinajstić information content (AvgIpc) is 3.21. The molecule has 4 aliphatic rings. The first kappa shape index (κ1) is 25.6. The molecule has 1 aliphatic heterocycles. The van der Waals surface area contributed by atoms with E-state index in [1.165, 1.54) is 0 Å². The quantitative estimate of drug-likeness (QED) is 0.285. The third-order valence-electron chi connectivity index (χ3n) is 8.13. The van der Waals surface area contributed by atoms with E-state index < -0.39 is 57.2 Å². The van der Waals surface area contributed by atoms with Gasteiger partial charge in [-0.05, 0) is 40.3 Å². The molecule has 3 aromatic carbocycles. The molecule has 0 aromatic heterocycles. The molecule has 2 N–H and O–H groups in total. The Kier molecular flexibility index (Phi) is 5.86. The molecule has 2 bridgehead atoms. The normalized spacial score (nSPS) is 27.1. The van der Waals surface area contributed by atoms with E-state index in [4.69, 9.17) is 23.2 Å². The number of halogens is 2. The SMILES string of the molecule is CC(C)[C@@H](C(=O)NNC(=O)c1ccccc1)N1C(=O)[C@@H]2[C@@H](C1=O)C1(Cl)c3ccccc3C2(Cl)c2ccccc21. The second-order valence-electron chi connectivity index (χ2n) is 10.5. The number of nitrogens with one attached hydrogen (secondary N) is 2. The first-order chi connectivity index (χ1) is 18.6. The van der Waals surface area contributed by atoms with Gasteiger partial charge in [0.05, 0.1) is 11.8 Å². The average molecular weight is 562 g/mol. The number of likely N-dealkylation sites (tertiary alicyclic amines) is 1. The first-order valence-corrected chi connectivity index (χ1v) is 13.5. The number of rotatable bonds is 4. The number of hydrazine groups is 1. The van der Waals surface area contributed by atoms with Gasteiger partial charge in [-0.15, -0.1) is 23.2 Å².